The Morgan fingerprint density at radius 1 is 1.26 bits per heavy atom. The Morgan fingerprint density at radius 3 is 3.00 bits per heavy atom. The van der Waals surface area contributed by atoms with Gasteiger partial charge in [-0.15, -0.1) is 0 Å². The first-order valence-electron chi connectivity index (χ1n) is 8.25. The van der Waals surface area contributed by atoms with Gasteiger partial charge in [-0.2, -0.15) is 15.4 Å². The Bertz CT molecular complexity index is 707. The van der Waals surface area contributed by atoms with E-state index in [0.29, 0.717) is 17.8 Å². The van der Waals surface area contributed by atoms with Gasteiger partial charge >= 0.3 is 6.03 Å². The molecule has 2 aromatic rings. The van der Waals surface area contributed by atoms with Gasteiger partial charge in [-0.3, -0.25) is 0 Å². The molecular weight excluding hydrogens is 294 g/mol. The van der Waals surface area contributed by atoms with Gasteiger partial charge in [0.2, 0.25) is 0 Å². The number of benzene rings is 1. The van der Waals surface area contributed by atoms with E-state index in [9.17, 15) is 4.79 Å². The van der Waals surface area contributed by atoms with Crippen LogP contribution in [-0.2, 0) is 4.74 Å². The number of aromatic nitrogens is 3. The van der Waals surface area contributed by atoms with Gasteiger partial charge in [0, 0.05) is 0 Å². The Labute approximate surface area is 134 Å². The maximum Gasteiger partial charge on any atom is 0.319 e. The van der Waals surface area contributed by atoms with Crippen LogP contribution in [0, 0.1) is 0 Å². The van der Waals surface area contributed by atoms with Crippen LogP contribution in [0.3, 0.4) is 0 Å². The van der Waals surface area contributed by atoms with E-state index in [2.05, 4.69) is 26.0 Å². The largest absolute Gasteiger partial charge is 0.373 e. The fourth-order valence-electron chi connectivity index (χ4n) is 3.79. The number of urea groups is 1. The van der Waals surface area contributed by atoms with E-state index < -0.39 is 0 Å². The monoisotopic (exact) mass is 315 g/mol. The van der Waals surface area contributed by atoms with Crippen LogP contribution < -0.4 is 10.6 Å². The minimum atomic E-state index is -0.220. The summed E-state index contributed by atoms with van der Waals surface area (Å²) in [6, 6.07) is 5.36. The van der Waals surface area contributed by atoms with Crippen LogP contribution in [0.1, 0.15) is 38.5 Å². The van der Waals surface area contributed by atoms with E-state index in [4.69, 9.17) is 4.74 Å². The highest BCUT2D eigenvalue weighted by molar-refractivity contribution is 5.98. The number of amides is 2. The lowest BCUT2D eigenvalue weighted by Crippen LogP contribution is -2.39. The van der Waals surface area contributed by atoms with E-state index in [1.54, 1.807) is 0 Å². The summed E-state index contributed by atoms with van der Waals surface area (Å²) in [6.07, 6.45) is 6.90. The molecule has 3 N–H and O–H groups in total. The Morgan fingerprint density at radius 2 is 2.13 bits per heavy atom. The van der Waals surface area contributed by atoms with E-state index >= 15 is 0 Å². The summed E-state index contributed by atoms with van der Waals surface area (Å²) >= 11 is 0. The van der Waals surface area contributed by atoms with Crippen molar-refractivity contribution in [3.05, 3.63) is 18.2 Å². The van der Waals surface area contributed by atoms with E-state index in [0.717, 1.165) is 24.8 Å². The number of aromatic amines is 1. The fraction of sp³-hybridized carbons (Fsp3) is 0.562. The summed E-state index contributed by atoms with van der Waals surface area (Å²) in [4.78, 5) is 12.3. The van der Waals surface area contributed by atoms with Gasteiger partial charge in [0.05, 0.1) is 23.9 Å². The molecule has 1 aromatic carbocycles. The number of hydrogen-bond acceptors (Lipinski definition) is 4. The second-order valence-corrected chi connectivity index (χ2v) is 6.55. The second kappa shape index (κ2) is 5.81. The topological polar surface area (TPSA) is 91.9 Å². The van der Waals surface area contributed by atoms with Crippen molar-refractivity contribution >= 4 is 22.8 Å². The van der Waals surface area contributed by atoms with Gasteiger partial charge in [0.15, 0.2) is 0 Å². The van der Waals surface area contributed by atoms with Crippen LogP contribution in [0.2, 0.25) is 0 Å². The molecule has 1 spiro atoms. The van der Waals surface area contributed by atoms with Crippen LogP contribution in [-0.4, -0.2) is 39.7 Å². The quantitative estimate of drug-likeness (QED) is 0.794. The average molecular weight is 315 g/mol. The zero-order valence-corrected chi connectivity index (χ0v) is 13.0. The molecule has 1 unspecified atom stereocenters. The zero-order valence-electron chi connectivity index (χ0n) is 13.0. The summed E-state index contributed by atoms with van der Waals surface area (Å²) < 4.78 is 6.03. The van der Waals surface area contributed by atoms with Crippen molar-refractivity contribution in [2.24, 2.45) is 0 Å². The van der Waals surface area contributed by atoms with Gasteiger partial charge in [-0.05, 0) is 31.4 Å². The van der Waals surface area contributed by atoms with Crippen LogP contribution in [0.25, 0.3) is 11.0 Å². The maximum absolute atomic E-state index is 12.3. The first kappa shape index (κ1) is 14.4. The second-order valence-electron chi connectivity index (χ2n) is 6.55. The smallest absolute Gasteiger partial charge is 0.319 e. The Kier molecular flexibility index (Phi) is 3.65. The van der Waals surface area contributed by atoms with Crippen molar-refractivity contribution < 1.29 is 9.53 Å². The summed E-state index contributed by atoms with van der Waals surface area (Å²) in [5, 5.41) is 16.5. The Balaban J connectivity index is 1.38. The molecule has 2 aliphatic rings. The normalized spacial score (nSPS) is 23.2. The number of fused-ring (bicyclic) bond motifs is 1. The third-order valence-corrected chi connectivity index (χ3v) is 4.90. The third kappa shape index (κ3) is 2.88. The maximum atomic E-state index is 12.3. The molecular formula is C16H21N5O2. The molecule has 2 heterocycles. The minimum Gasteiger partial charge on any atom is -0.373 e. The first-order chi connectivity index (χ1) is 11.2. The molecule has 122 valence electrons. The van der Waals surface area contributed by atoms with Crippen LogP contribution in [0.4, 0.5) is 10.5 Å². The lowest BCUT2D eigenvalue weighted by molar-refractivity contribution is -0.0245. The molecule has 4 rings (SSSR count). The van der Waals surface area contributed by atoms with Gasteiger partial charge in [-0.25, -0.2) is 4.79 Å². The van der Waals surface area contributed by atoms with Crippen LogP contribution >= 0.6 is 0 Å². The summed E-state index contributed by atoms with van der Waals surface area (Å²) in [7, 11) is 0. The molecule has 1 aromatic heterocycles. The van der Waals surface area contributed by atoms with Crippen LogP contribution in [0.15, 0.2) is 18.2 Å². The molecule has 2 amide bonds. The van der Waals surface area contributed by atoms with Crippen molar-refractivity contribution in [1.29, 1.82) is 0 Å². The molecule has 1 aliphatic carbocycles. The van der Waals surface area contributed by atoms with E-state index in [1.807, 2.05) is 18.2 Å². The lowest BCUT2D eigenvalue weighted by atomic mass is 9.82. The van der Waals surface area contributed by atoms with Crippen molar-refractivity contribution in [3.63, 3.8) is 0 Å². The number of carbonyl (C=O) groups is 1. The summed E-state index contributed by atoms with van der Waals surface area (Å²) in [5.74, 6) is 0. The van der Waals surface area contributed by atoms with E-state index in [1.165, 1.54) is 19.3 Å². The molecule has 0 radical (unpaired) electrons. The zero-order chi connectivity index (χ0) is 15.7. The van der Waals surface area contributed by atoms with Gasteiger partial charge in [0.1, 0.15) is 11.0 Å². The number of rotatable bonds is 2. The van der Waals surface area contributed by atoms with E-state index in [-0.39, 0.29) is 17.7 Å². The number of ether oxygens (including phenoxy) is 1. The number of para-hydroxylation sites is 1. The highest BCUT2D eigenvalue weighted by Crippen LogP contribution is 2.39. The predicted molar refractivity (Wildman–Crippen MR) is 86.2 cm³/mol. The number of hydrogen-bond donors (Lipinski definition) is 3. The van der Waals surface area contributed by atoms with Crippen molar-refractivity contribution in [3.8, 4) is 0 Å². The Hall–Kier alpha value is -2.15. The highest BCUT2D eigenvalue weighted by Gasteiger charge is 2.41. The van der Waals surface area contributed by atoms with Crippen molar-refractivity contribution in [2.45, 2.75) is 50.2 Å². The summed E-state index contributed by atoms with van der Waals surface area (Å²) in [6.45, 7) is 0.599. The molecule has 1 saturated carbocycles. The predicted octanol–water partition coefficient (Wildman–Crippen LogP) is 2.57. The molecule has 7 heteroatoms. The van der Waals surface area contributed by atoms with Crippen LogP contribution in [0.5, 0.6) is 0 Å². The molecule has 0 bridgehead atoms. The number of H-pyrrole nitrogens is 1. The number of nitrogens with zero attached hydrogens (tertiary/aromatic N) is 2. The fourth-order valence-corrected chi connectivity index (χ4v) is 3.79. The third-order valence-electron chi connectivity index (χ3n) is 4.90. The number of anilines is 1. The van der Waals surface area contributed by atoms with Gasteiger partial charge < -0.3 is 15.4 Å². The highest BCUT2D eigenvalue weighted by atomic mass is 16.5. The number of carbonyl (C=O) groups excluding carboxylic acids is 1. The SMILES string of the molecule is O=C(Nc1cccc2n[nH]nc12)NC1COC2(CCCCC2)C1. The van der Waals surface area contributed by atoms with Crippen molar-refractivity contribution in [1.82, 2.24) is 20.7 Å². The molecule has 1 atom stereocenters. The molecule has 23 heavy (non-hydrogen) atoms. The molecule has 7 nitrogen and oxygen atoms in total. The molecule has 2 fully saturated rings. The standard InChI is InChI=1S/C16H21N5O2/c22-15(18-12-5-4-6-13-14(12)20-21-19-13)17-11-9-16(23-10-11)7-2-1-3-8-16/h4-6,11H,1-3,7-10H2,(H2,17,18,22)(H,19,20,21). The van der Waals surface area contributed by atoms with Crippen molar-refractivity contribution in [2.75, 3.05) is 11.9 Å². The molecule has 1 aliphatic heterocycles. The average Bonchev–Trinajstić information content (AvgIpc) is 3.16. The number of nitrogens with one attached hydrogen (secondary N) is 3. The summed E-state index contributed by atoms with van der Waals surface area (Å²) in [5.41, 5.74) is 2.05. The van der Waals surface area contributed by atoms with Gasteiger partial charge in [0.25, 0.3) is 0 Å². The lowest BCUT2D eigenvalue weighted by Gasteiger charge is -2.32. The minimum absolute atomic E-state index is 0.00231. The van der Waals surface area contributed by atoms with Gasteiger partial charge in [-0.1, -0.05) is 25.3 Å². The first-order valence-corrected chi connectivity index (χ1v) is 8.25. The molecule has 1 saturated heterocycles.